The molecule has 378 valence electrons. The molecule has 64 heavy (non-hydrogen) atoms. The first-order valence-electron chi connectivity index (χ1n) is 26.2. The van der Waals surface area contributed by atoms with Gasteiger partial charge in [0.1, 0.15) is 36.8 Å². The lowest BCUT2D eigenvalue weighted by Crippen LogP contribution is -2.60. The molecule has 0 bridgehead atoms. The lowest BCUT2D eigenvalue weighted by Gasteiger charge is -2.40. The number of aliphatic hydroxyl groups excluding tert-OH is 3. The van der Waals surface area contributed by atoms with Crippen LogP contribution in [0.15, 0.2) is 12.2 Å². The van der Waals surface area contributed by atoms with E-state index >= 15 is 0 Å². The number of rotatable bonds is 45. The van der Waals surface area contributed by atoms with E-state index in [1.165, 1.54) is 148 Å². The molecule has 1 aliphatic heterocycles. The number of ether oxygens (including phenoxy) is 4. The first-order valence-corrected chi connectivity index (χ1v) is 27.9. The molecule has 0 amide bonds. The smallest absolute Gasteiger partial charge is 0.306 e. The first kappa shape index (κ1) is 60.4. The summed E-state index contributed by atoms with van der Waals surface area (Å²) >= 11 is 0. The molecule has 0 aliphatic carbocycles. The van der Waals surface area contributed by atoms with Gasteiger partial charge in [-0.15, -0.1) is 0 Å². The van der Waals surface area contributed by atoms with Crippen molar-refractivity contribution in [1.82, 2.24) is 0 Å². The predicted octanol–water partition coefficient (Wildman–Crippen LogP) is 11.8. The molecule has 0 saturated carbocycles. The second-order valence-electron chi connectivity index (χ2n) is 18.5. The van der Waals surface area contributed by atoms with Crippen molar-refractivity contribution in [3.05, 3.63) is 12.2 Å². The molecule has 6 unspecified atom stereocenters. The maximum absolute atomic E-state index is 12.8. The number of aliphatic hydroxyl groups is 3. The van der Waals surface area contributed by atoms with Crippen LogP contribution in [-0.2, 0) is 38.7 Å². The third-order valence-corrected chi connectivity index (χ3v) is 13.1. The molecule has 1 aliphatic rings. The van der Waals surface area contributed by atoms with Crippen LogP contribution in [0, 0.1) is 0 Å². The third-order valence-electron chi connectivity index (χ3n) is 12.3. The SMILES string of the molecule is CCCCCC/C=C\CCCCCCCC(=O)OC(COC(=O)CCCCCCCCCCCCCCCCCCCCCCCCC)COC1OC(CS(=O)(=O)O)C(O)C(O)C1O. The van der Waals surface area contributed by atoms with Gasteiger partial charge in [-0.1, -0.05) is 206 Å². The minimum absolute atomic E-state index is 0.158. The van der Waals surface area contributed by atoms with Crippen molar-refractivity contribution >= 4 is 22.1 Å². The highest BCUT2D eigenvalue weighted by molar-refractivity contribution is 7.85. The van der Waals surface area contributed by atoms with Gasteiger partial charge in [0, 0.05) is 12.8 Å². The maximum atomic E-state index is 12.8. The molecule has 12 nitrogen and oxygen atoms in total. The van der Waals surface area contributed by atoms with Crippen molar-refractivity contribution in [2.24, 2.45) is 0 Å². The standard InChI is InChI=1S/C51H96O12S/c1-3-5-7-9-11-13-15-17-18-19-20-21-22-23-24-25-26-28-29-31-33-35-37-39-46(52)60-41-44(42-61-51-50(56)49(55)48(54)45(63-51)43-64(57,58)59)62-47(53)40-38-36-34-32-30-27-16-14-12-10-8-6-4-2/h14,16,44-45,48-51,54-56H,3-13,15,17-43H2,1-2H3,(H,57,58,59)/b16-14-. The molecule has 6 atom stereocenters. The van der Waals surface area contributed by atoms with E-state index in [1.807, 2.05) is 0 Å². The fourth-order valence-electron chi connectivity index (χ4n) is 8.26. The van der Waals surface area contributed by atoms with E-state index in [0.29, 0.717) is 12.8 Å². The van der Waals surface area contributed by atoms with E-state index in [1.54, 1.807) is 0 Å². The zero-order valence-corrected chi connectivity index (χ0v) is 41.5. The van der Waals surface area contributed by atoms with Gasteiger partial charge in [-0.3, -0.25) is 14.1 Å². The van der Waals surface area contributed by atoms with E-state index in [9.17, 15) is 37.9 Å². The number of carbonyl (C=O) groups excluding carboxylic acids is 2. The summed E-state index contributed by atoms with van der Waals surface area (Å²) in [6.45, 7) is 3.78. The van der Waals surface area contributed by atoms with Crippen LogP contribution >= 0.6 is 0 Å². The molecule has 0 radical (unpaired) electrons. The van der Waals surface area contributed by atoms with E-state index in [0.717, 1.165) is 57.8 Å². The van der Waals surface area contributed by atoms with Crippen LogP contribution in [-0.4, -0.2) is 96.0 Å². The quantitative estimate of drug-likeness (QED) is 0.0196. The molecule has 0 aromatic carbocycles. The zero-order chi connectivity index (χ0) is 46.9. The van der Waals surface area contributed by atoms with Crippen LogP contribution in [0.25, 0.3) is 0 Å². The Labute approximate surface area is 390 Å². The highest BCUT2D eigenvalue weighted by Crippen LogP contribution is 2.24. The topological polar surface area (TPSA) is 186 Å². The van der Waals surface area contributed by atoms with Gasteiger partial charge in [-0.25, -0.2) is 0 Å². The molecular weight excluding hydrogens is 837 g/mol. The molecule has 0 aromatic heterocycles. The number of carbonyl (C=O) groups is 2. The van der Waals surface area contributed by atoms with Crippen molar-refractivity contribution in [3.63, 3.8) is 0 Å². The van der Waals surface area contributed by atoms with Crippen LogP contribution in [0.3, 0.4) is 0 Å². The highest BCUT2D eigenvalue weighted by Gasteiger charge is 2.46. The summed E-state index contributed by atoms with van der Waals surface area (Å²) in [6, 6.07) is 0. The minimum Gasteiger partial charge on any atom is -0.462 e. The average molecular weight is 933 g/mol. The number of esters is 2. The summed E-state index contributed by atoms with van der Waals surface area (Å²) in [5.41, 5.74) is 0. The molecular formula is C51H96O12S. The summed E-state index contributed by atoms with van der Waals surface area (Å²) in [4.78, 5) is 25.5. The molecule has 1 saturated heterocycles. The molecule has 13 heteroatoms. The Morgan fingerprint density at radius 1 is 0.516 bits per heavy atom. The van der Waals surface area contributed by atoms with Crippen molar-refractivity contribution in [1.29, 1.82) is 0 Å². The highest BCUT2D eigenvalue weighted by atomic mass is 32.2. The van der Waals surface area contributed by atoms with E-state index in [-0.39, 0.29) is 19.4 Å². The normalized spacial score (nSPS) is 19.6. The Kier molecular flexibility index (Phi) is 39.2. The van der Waals surface area contributed by atoms with E-state index < -0.39 is 71.2 Å². The Morgan fingerprint density at radius 2 is 0.891 bits per heavy atom. The summed E-state index contributed by atoms with van der Waals surface area (Å²) in [6.07, 6.45) is 36.9. The second-order valence-corrected chi connectivity index (χ2v) is 20.0. The number of hydrogen-bond donors (Lipinski definition) is 4. The predicted molar refractivity (Wildman–Crippen MR) is 257 cm³/mol. The Bertz CT molecular complexity index is 1230. The van der Waals surface area contributed by atoms with Gasteiger partial charge in [-0.05, 0) is 38.5 Å². The Hall–Kier alpha value is -1.61. The molecule has 4 N–H and O–H groups in total. The van der Waals surface area contributed by atoms with Crippen molar-refractivity contribution in [2.75, 3.05) is 19.0 Å². The van der Waals surface area contributed by atoms with E-state index in [2.05, 4.69) is 26.0 Å². The summed E-state index contributed by atoms with van der Waals surface area (Å²) in [5, 5.41) is 30.9. The zero-order valence-electron chi connectivity index (χ0n) is 40.7. The maximum Gasteiger partial charge on any atom is 0.306 e. The monoisotopic (exact) mass is 933 g/mol. The fraction of sp³-hybridized carbons (Fsp3) is 0.922. The number of allylic oxidation sites excluding steroid dienone is 2. The van der Waals surface area contributed by atoms with E-state index in [4.69, 9.17) is 18.9 Å². The van der Waals surface area contributed by atoms with Crippen LogP contribution < -0.4 is 0 Å². The Balaban J connectivity index is 2.30. The first-order chi connectivity index (χ1) is 31.0. The minimum atomic E-state index is -4.60. The lowest BCUT2D eigenvalue weighted by molar-refractivity contribution is -0.297. The fourth-order valence-corrected chi connectivity index (χ4v) is 8.95. The van der Waals surface area contributed by atoms with Crippen LogP contribution in [0.4, 0.5) is 0 Å². The van der Waals surface area contributed by atoms with Crippen LogP contribution in [0.5, 0.6) is 0 Å². The summed E-state index contributed by atoms with van der Waals surface area (Å²) in [7, 11) is -4.60. The number of hydrogen-bond acceptors (Lipinski definition) is 11. The Morgan fingerprint density at radius 3 is 1.31 bits per heavy atom. The average Bonchev–Trinajstić information content (AvgIpc) is 3.26. The molecule has 1 heterocycles. The van der Waals surface area contributed by atoms with Gasteiger partial charge < -0.3 is 34.3 Å². The summed E-state index contributed by atoms with van der Waals surface area (Å²) < 4.78 is 54.2. The largest absolute Gasteiger partial charge is 0.462 e. The van der Waals surface area contributed by atoms with Crippen molar-refractivity contribution in [2.45, 2.75) is 282 Å². The van der Waals surface area contributed by atoms with Crippen molar-refractivity contribution < 1.29 is 56.8 Å². The lowest BCUT2D eigenvalue weighted by atomic mass is 10.00. The van der Waals surface area contributed by atoms with Crippen molar-refractivity contribution in [3.8, 4) is 0 Å². The molecule has 0 aromatic rings. The van der Waals surface area contributed by atoms with Gasteiger partial charge in [-0.2, -0.15) is 8.42 Å². The van der Waals surface area contributed by atoms with Gasteiger partial charge in [0.05, 0.1) is 6.61 Å². The van der Waals surface area contributed by atoms with Gasteiger partial charge >= 0.3 is 11.9 Å². The second kappa shape index (κ2) is 41.6. The molecule has 1 fully saturated rings. The molecule has 0 spiro atoms. The van der Waals surface area contributed by atoms with Gasteiger partial charge in [0.2, 0.25) is 0 Å². The molecule has 1 rings (SSSR count). The van der Waals surface area contributed by atoms with Crippen LogP contribution in [0.2, 0.25) is 0 Å². The summed E-state index contributed by atoms with van der Waals surface area (Å²) in [5.74, 6) is -1.98. The number of unbranched alkanes of at least 4 members (excludes halogenated alkanes) is 31. The van der Waals surface area contributed by atoms with Gasteiger partial charge in [0.25, 0.3) is 10.1 Å². The third kappa shape index (κ3) is 35.6. The van der Waals surface area contributed by atoms with Crippen LogP contribution in [0.1, 0.15) is 245 Å². The van der Waals surface area contributed by atoms with Gasteiger partial charge in [0.15, 0.2) is 12.4 Å².